The van der Waals surface area contributed by atoms with Gasteiger partial charge in [0.25, 0.3) is 0 Å². The number of nitrogens with zero attached hydrogens (tertiary/aromatic N) is 2. The minimum absolute atomic E-state index is 0.499. The third-order valence-corrected chi connectivity index (χ3v) is 3.75. The third-order valence-electron chi connectivity index (χ3n) is 3.75. The molecule has 1 fully saturated rings. The Morgan fingerprint density at radius 1 is 1.62 bits per heavy atom. The van der Waals surface area contributed by atoms with Gasteiger partial charge in [-0.3, -0.25) is 4.68 Å². The molecule has 3 heteroatoms. The number of aromatic nitrogens is 2. The molecule has 2 rings (SSSR count). The third kappa shape index (κ3) is 2.46. The normalized spacial score (nSPS) is 24.4. The van der Waals surface area contributed by atoms with Gasteiger partial charge in [0.15, 0.2) is 0 Å². The lowest BCUT2D eigenvalue weighted by molar-refractivity contribution is 0.468. The van der Waals surface area contributed by atoms with Gasteiger partial charge in [0.1, 0.15) is 0 Å². The highest BCUT2D eigenvalue weighted by atomic mass is 15.3. The maximum absolute atomic E-state index is 4.58. The monoisotopic (exact) mass is 221 g/mol. The molecule has 3 nitrogen and oxygen atoms in total. The summed E-state index contributed by atoms with van der Waals surface area (Å²) in [6, 6.07) is 3.31. The molecule has 1 aromatic rings. The summed E-state index contributed by atoms with van der Waals surface area (Å²) in [4.78, 5) is 0. The first-order chi connectivity index (χ1) is 7.53. The van der Waals surface area contributed by atoms with E-state index in [1.807, 2.05) is 0 Å². The second-order valence-corrected chi connectivity index (χ2v) is 5.67. The van der Waals surface area contributed by atoms with Crippen molar-refractivity contribution in [3.63, 3.8) is 0 Å². The Hall–Kier alpha value is -0.830. The summed E-state index contributed by atoms with van der Waals surface area (Å²) in [5, 5.41) is 8.14. The molecule has 0 saturated heterocycles. The lowest BCUT2D eigenvalue weighted by atomic mass is 10.2. The van der Waals surface area contributed by atoms with Gasteiger partial charge in [-0.05, 0) is 31.2 Å². The van der Waals surface area contributed by atoms with Crippen LogP contribution in [0.4, 0.5) is 0 Å². The molecule has 1 aliphatic rings. The molecule has 0 spiro atoms. The molecule has 1 heterocycles. The molecule has 0 amide bonds. The standard InChI is InChI=1S/C13H23N3/c1-5-10(2)16-7-6-11(15-16)9-14-12-8-13(12,3)4/h6-7,10,12,14H,5,8-9H2,1-4H3. The van der Waals surface area contributed by atoms with E-state index in [1.54, 1.807) is 0 Å². The van der Waals surface area contributed by atoms with E-state index in [0.717, 1.165) is 18.7 Å². The average molecular weight is 221 g/mol. The van der Waals surface area contributed by atoms with E-state index in [2.05, 4.69) is 55.1 Å². The molecule has 0 radical (unpaired) electrons. The largest absolute Gasteiger partial charge is 0.308 e. The molecular formula is C13H23N3. The summed E-state index contributed by atoms with van der Waals surface area (Å²) < 4.78 is 2.06. The number of hydrogen-bond acceptors (Lipinski definition) is 2. The van der Waals surface area contributed by atoms with Crippen LogP contribution in [0.25, 0.3) is 0 Å². The maximum Gasteiger partial charge on any atom is 0.0762 e. The predicted molar refractivity (Wildman–Crippen MR) is 66.3 cm³/mol. The molecule has 2 unspecified atom stereocenters. The fourth-order valence-electron chi connectivity index (χ4n) is 1.95. The second-order valence-electron chi connectivity index (χ2n) is 5.67. The van der Waals surface area contributed by atoms with E-state index in [1.165, 1.54) is 6.42 Å². The lowest BCUT2D eigenvalue weighted by Crippen LogP contribution is -2.20. The van der Waals surface area contributed by atoms with E-state index in [9.17, 15) is 0 Å². The average Bonchev–Trinajstić information content (AvgIpc) is 2.68. The molecule has 1 aliphatic carbocycles. The lowest BCUT2D eigenvalue weighted by Gasteiger charge is -2.08. The van der Waals surface area contributed by atoms with E-state index in [4.69, 9.17) is 0 Å². The molecule has 1 saturated carbocycles. The van der Waals surface area contributed by atoms with Crippen LogP contribution in [0.5, 0.6) is 0 Å². The van der Waals surface area contributed by atoms with E-state index >= 15 is 0 Å². The minimum Gasteiger partial charge on any atom is -0.308 e. The van der Waals surface area contributed by atoms with Crippen molar-refractivity contribution in [1.29, 1.82) is 0 Å². The summed E-state index contributed by atoms with van der Waals surface area (Å²) in [6.07, 6.45) is 4.51. The van der Waals surface area contributed by atoms with Gasteiger partial charge in [0.05, 0.1) is 5.69 Å². The van der Waals surface area contributed by atoms with Gasteiger partial charge < -0.3 is 5.32 Å². The Bertz CT molecular complexity index is 354. The molecule has 2 atom stereocenters. The van der Waals surface area contributed by atoms with Gasteiger partial charge in [0.2, 0.25) is 0 Å². The van der Waals surface area contributed by atoms with Crippen LogP contribution in [-0.2, 0) is 6.54 Å². The van der Waals surface area contributed by atoms with Crippen LogP contribution in [0.1, 0.15) is 52.3 Å². The highest BCUT2D eigenvalue weighted by Gasteiger charge is 2.45. The van der Waals surface area contributed by atoms with E-state index < -0.39 is 0 Å². The van der Waals surface area contributed by atoms with E-state index in [-0.39, 0.29) is 0 Å². The van der Waals surface area contributed by atoms with Crippen LogP contribution in [0.3, 0.4) is 0 Å². The van der Waals surface area contributed by atoms with Crippen molar-refractivity contribution < 1.29 is 0 Å². The molecule has 0 aliphatic heterocycles. The smallest absolute Gasteiger partial charge is 0.0762 e. The fourth-order valence-corrected chi connectivity index (χ4v) is 1.95. The van der Waals surface area contributed by atoms with E-state index in [0.29, 0.717) is 17.5 Å². The van der Waals surface area contributed by atoms with Crippen molar-refractivity contribution in [2.75, 3.05) is 0 Å². The molecule has 1 aromatic heterocycles. The van der Waals surface area contributed by atoms with Crippen LogP contribution < -0.4 is 5.32 Å². The Morgan fingerprint density at radius 3 is 2.88 bits per heavy atom. The molecule has 90 valence electrons. The van der Waals surface area contributed by atoms with Crippen LogP contribution in [0.15, 0.2) is 12.3 Å². The Morgan fingerprint density at radius 2 is 2.31 bits per heavy atom. The van der Waals surface area contributed by atoms with Crippen molar-refractivity contribution in [2.45, 2.75) is 59.2 Å². The van der Waals surface area contributed by atoms with Gasteiger partial charge >= 0.3 is 0 Å². The highest BCUT2D eigenvalue weighted by Crippen LogP contribution is 2.44. The molecule has 0 aromatic carbocycles. The Balaban J connectivity index is 1.84. The van der Waals surface area contributed by atoms with Crippen LogP contribution in [0, 0.1) is 5.41 Å². The molecule has 16 heavy (non-hydrogen) atoms. The molecule has 0 bridgehead atoms. The summed E-state index contributed by atoms with van der Waals surface area (Å²) in [5.74, 6) is 0. The van der Waals surface area contributed by atoms with Gasteiger partial charge in [-0.2, -0.15) is 5.10 Å². The van der Waals surface area contributed by atoms with Crippen LogP contribution in [-0.4, -0.2) is 15.8 Å². The minimum atomic E-state index is 0.499. The maximum atomic E-state index is 4.58. The number of hydrogen-bond donors (Lipinski definition) is 1. The number of nitrogens with one attached hydrogen (secondary N) is 1. The van der Waals surface area contributed by atoms with Crippen LogP contribution in [0.2, 0.25) is 0 Å². The Kier molecular flexibility index (Phi) is 3.06. The summed E-state index contributed by atoms with van der Waals surface area (Å²) >= 11 is 0. The summed E-state index contributed by atoms with van der Waals surface area (Å²) in [6.45, 7) is 9.91. The van der Waals surface area contributed by atoms with Crippen LogP contribution >= 0.6 is 0 Å². The van der Waals surface area contributed by atoms with Crippen molar-refractivity contribution in [1.82, 2.24) is 15.1 Å². The first-order valence-electron chi connectivity index (χ1n) is 6.30. The van der Waals surface area contributed by atoms with Crippen molar-refractivity contribution in [3.8, 4) is 0 Å². The second kappa shape index (κ2) is 4.21. The van der Waals surface area contributed by atoms with Crippen molar-refractivity contribution in [3.05, 3.63) is 18.0 Å². The SMILES string of the molecule is CCC(C)n1ccc(CNC2CC2(C)C)n1. The first kappa shape index (κ1) is 11.6. The van der Waals surface area contributed by atoms with Gasteiger partial charge in [0, 0.05) is 24.8 Å². The molecule has 1 N–H and O–H groups in total. The summed E-state index contributed by atoms with van der Waals surface area (Å²) in [5.41, 5.74) is 1.65. The van der Waals surface area contributed by atoms with Crippen molar-refractivity contribution in [2.24, 2.45) is 5.41 Å². The Labute approximate surface area is 98.2 Å². The van der Waals surface area contributed by atoms with Crippen molar-refractivity contribution >= 4 is 0 Å². The highest BCUT2D eigenvalue weighted by molar-refractivity contribution is 5.05. The topological polar surface area (TPSA) is 29.9 Å². The summed E-state index contributed by atoms with van der Waals surface area (Å²) in [7, 11) is 0. The number of rotatable bonds is 5. The first-order valence-corrected chi connectivity index (χ1v) is 6.30. The zero-order valence-electron chi connectivity index (χ0n) is 10.8. The predicted octanol–water partition coefficient (Wildman–Crippen LogP) is 2.74. The zero-order chi connectivity index (χ0) is 11.8. The quantitative estimate of drug-likeness (QED) is 0.828. The van der Waals surface area contributed by atoms with Gasteiger partial charge in [-0.15, -0.1) is 0 Å². The fraction of sp³-hybridized carbons (Fsp3) is 0.769. The van der Waals surface area contributed by atoms with Gasteiger partial charge in [-0.25, -0.2) is 0 Å². The zero-order valence-corrected chi connectivity index (χ0v) is 10.8. The molecular weight excluding hydrogens is 198 g/mol. The van der Waals surface area contributed by atoms with Gasteiger partial charge in [-0.1, -0.05) is 20.8 Å².